The number of nitrogens with one attached hydrogen (secondary N) is 2. The fourth-order valence-corrected chi connectivity index (χ4v) is 5.03. The summed E-state index contributed by atoms with van der Waals surface area (Å²) in [7, 11) is -2.03. The van der Waals surface area contributed by atoms with Crippen molar-refractivity contribution in [1.29, 1.82) is 0 Å². The zero-order valence-electron chi connectivity index (χ0n) is 11.1. The maximum Gasteiger partial charge on any atom is 0.272 e. The number of likely N-dealkylation sites (N-methyl/N-ethyl adjacent to an activating group) is 1. The topological polar surface area (TPSA) is 75.3 Å². The lowest BCUT2D eigenvalue weighted by Gasteiger charge is -2.08. The van der Waals surface area contributed by atoms with Crippen molar-refractivity contribution in [2.75, 3.05) is 11.8 Å². The van der Waals surface area contributed by atoms with E-state index in [0.29, 0.717) is 10.2 Å². The first-order valence-electron chi connectivity index (χ1n) is 5.97. The number of anilines is 1. The number of hydrogen-bond donors (Lipinski definition) is 2. The van der Waals surface area contributed by atoms with Gasteiger partial charge >= 0.3 is 0 Å². The molecule has 5 nitrogen and oxygen atoms in total. The summed E-state index contributed by atoms with van der Waals surface area (Å²) in [6.45, 7) is 0. The highest BCUT2D eigenvalue weighted by Gasteiger charge is 2.19. The number of thiophene rings is 1. The molecule has 0 unspecified atom stereocenters. The number of carbonyl (C=O) groups excluding carboxylic acids is 1. The third-order valence-electron chi connectivity index (χ3n) is 2.68. The van der Waals surface area contributed by atoms with E-state index in [9.17, 15) is 13.2 Å². The summed E-state index contributed by atoms with van der Waals surface area (Å²) >= 11 is 4.35. The van der Waals surface area contributed by atoms with Crippen molar-refractivity contribution >= 4 is 48.9 Å². The molecule has 2 N–H and O–H groups in total. The van der Waals surface area contributed by atoms with E-state index in [1.54, 1.807) is 42.8 Å². The molecule has 0 spiro atoms. The van der Waals surface area contributed by atoms with Crippen molar-refractivity contribution in [2.24, 2.45) is 0 Å². The minimum absolute atomic E-state index is 0.0918. The summed E-state index contributed by atoms with van der Waals surface area (Å²) in [6, 6.07) is 8.40. The molecule has 0 saturated carbocycles. The summed E-state index contributed by atoms with van der Waals surface area (Å²) in [4.78, 5) is 11.3. The molecule has 0 aliphatic carbocycles. The number of rotatable bonds is 5. The average Bonchev–Trinajstić information content (AvgIpc) is 2.87. The molecule has 112 valence electrons. The molecule has 2 aromatic rings. The van der Waals surface area contributed by atoms with Gasteiger partial charge in [0.25, 0.3) is 10.0 Å². The van der Waals surface area contributed by atoms with Crippen LogP contribution in [0.5, 0.6) is 0 Å². The normalized spacial score (nSPS) is 11.1. The van der Waals surface area contributed by atoms with Gasteiger partial charge in [0.2, 0.25) is 5.91 Å². The lowest BCUT2D eigenvalue weighted by molar-refractivity contribution is -0.119. The van der Waals surface area contributed by atoms with Gasteiger partial charge in [-0.05, 0) is 45.1 Å². The Morgan fingerprint density at radius 1 is 1.24 bits per heavy atom. The van der Waals surface area contributed by atoms with Gasteiger partial charge in [0.15, 0.2) is 4.21 Å². The van der Waals surface area contributed by atoms with Gasteiger partial charge in [0.05, 0.1) is 6.42 Å². The number of sulfonamides is 1. The second kappa shape index (κ2) is 6.59. The van der Waals surface area contributed by atoms with Gasteiger partial charge < -0.3 is 5.32 Å². The Hall–Kier alpha value is -1.38. The number of hydrogen-bond acceptors (Lipinski definition) is 4. The van der Waals surface area contributed by atoms with Crippen LogP contribution in [0.25, 0.3) is 0 Å². The lowest BCUT2D eigenvalue weighted by Crippen LogP contribution is -2.19. The first-order chi connectivity index (χ1) is 9.92. The van der Waals surface area contributed by atoms with Crippen molar-refractivity contribution in [3.63, 3.8) is 0 Å². The van der Waals surface area contributed by atoms with Crippen molar-refractivity contribution in [3.8, 4) is 0 Å². The van der Waals surface area contributed by atoms with Crippen molar-refractivity contribution in [1.82, 2.24) is 5.32 Å². The van der Waals surface area contributed by atoms with Crippen molar-refractivity contribution in [2.45, 2.75) is 10.6 Å². The van der Waals surface area contributed by atoms with Gasteiger partial charge in [-0.3, -0.25) is 9.52 Å². The Bertz CT molecular complexity index is 739. The summed E-state index contributed by atoms with van der Waals surface area (Å²) in [6.07, 6.45) is 0.264. The Balaban J connectivity index is 2.14. The average molecular weight is 389 g/mol. The Labute approximate surface area is 135 Å². The van der Waals surface area contributed by atoms with E-state index in [4.69, 9.17) is 0 Å². The quantitative estimate of drug-likeness (QED) is 0.826. The molecule has 0 atom stereocenters. The van der Waals surface area contributed by atoms with Crippen LogP contribution in [0.15, 0.2) is 44.4 Å². The summed E-state index contributed by atoms with van der Waals surface area (Å²) in [5.41, 5.74) is 1.27. The Kier molecular flexibility index (Phi) is 5.02. The van der Waals surface area contributed by atoms with Crippen LogP contribution in [-0.2, 0) is 21.2 Å². The standard InChI is InChI=1S/C13H13BrN2O3S2/c1-15-12(17)8-9-2-4-10(5-3-9)16-21(18,19)13-11(14)6-7-20-13/h2-7,16H,8H2,1H3,(H,15,17). The molecular formula is C13H13BrN2O3S2. The van der Waals surface area contributed by atoms with Gasteiger partial charge in [-0.1, -0.05) is 12.1 Å². The third kappa shape index (κ3) is 4.05. The number of carbonyl (C=O) groups is 1. The van der Waals surface area contributed by atoms with Gasteiger partial charge in [0.1, 0.15) is 0 Å². The van der Waals surface area contributed by atoms with Crippen LogP contribution >= 0.6 is 27.3 Å². The molecule has 8 heteroatoms. The molecule has 1 aromatic heterocycles. The Morgan fingerprint density at radius 3 is 2.43 bits per heavy atom. The summed E-state index contributed by atoms with van der Waals surface area (Å²) in [5.74, 6) is -0.0918. The fourth-order valence-electron chi connectivity index (χ4n) is 1.64. The third-order valence-corrected chi connectivity index (χ3v) is 6.73. The molecule has 0 bridgehead atoms. The number of halogens is 1. The molecule has 1 heterocycles. The van der Waals surface area contributed by atoms with Crippen LogP contribution in [0.2, 0.25) is 0 Å². The first kappa shape index (κ1) is 16.0. The zero-order chi connectivity index (χ0) is 15.5. The van der Waals surface area contributed by atoms with Gasteiger partial charge in [-0.2, -0.15) is 0 Å². The summed E-state index contributed by atoms with van der Waals surface area (Å²) in [5, 5.41) is 4.24. The zero-order valence-corrected chi connectivity index (χ0v) is 14.3. The van der Waals surface area contributed by atoms with Gasteiger partial charge in [0, 0.05) is 17.2 Å². The number of amides is 1. The van der Waals surface area contributed by atoms with Gasteiger partial charge in [-0.25, -0.2) is 8.42 Å². The fraction of sp³-hybridized carbons (Fsp3) is 0.154. The van der Waals surface area contributed by atoms with E-state index in [2.05, 4.69) is 26.0 Å². The molecule has 0 fully saturated rings. The minimum atomic E-state index is -3.60. The molecule has 0 aliphatic rings. The predicted octanol–water partition coefficient (Wildman–Crippen LogP) is 2.60. The highest BCUT2D eigenvalue weighted by atomic mass is 79.9. The predicted molar refractivity (Wildman–Crippen MR) is 87.0 cm³/mol. The first-order valence-corrected chi connectivity index (χ1v) is 9.13. The van der Waals surface area contributed by atoms with E-state index < -0.39 is 10.0 Å². The van der Waals surface area contributed by atoms with E-state index in [1.165, 1.54) is 0 Å². The molecule has 1 aromatic carbocycles. The molecule has 2 rings (SSSR count). The maximum atomic E-state index is 12.2. The second-order valence-corrected chi connectivity index (χ2v) is 7.86. The van der Waals surface area contributed by atoms with E-state index in [1.807, 2.05) is 0 Å². The molecular weight excluding hydrogens is 376 g/mol. The molecule has 0 saturated heterocycles. The molecule has 21 heavy (non-hydrogen) atoms. The summed E-state index contributed by atoms with van der Waals surface area (Å²) < 4.78 is 27.7. The highest BCUT2D eigenvalue weighted by Crippen LogP contribution is 2.29. The van der Waals surface area contributed by atoms with E-state index >= 15 is 0 Å². The van der Waals surface area contributed by atoms with Crippen LogP contribution in [0.4, 0.5) is 5.69 Å². The van der Waals surface area contributed by atoms with E-state index in [0.717, 1.165) is 16.9 Å². The smallest absolute Gasteiger partial charge is 0.272 e. The van der Waals surface area contributed by atoms with Crippen LogP contribution in [0, 0.1) is 0 Å². The highest BCUT2D eigenvalue weighted by molar-refractivity contribution is 9.10. The van der Waals surface area contributed by atoms with E-state index in [-0.39, 0.29) is 16.5 Å². The molecule has 1 amide bonds. The van der Waals surface area contributed by atoms with Crippen molar-refractivity contribution in [3.05, 3.63) is 45.7 Å². The monoisotopic (exact) mass is 388 g/mol. The van der Waals surface area contributed by atoms with Crippen LogP contribution < -0.4 is 10.0 Å². The second-order valence-electron chi connectivity index (χ2n) is 4.21. The maximum absolute atomic E-state index is 12.2. The minimum Gasteiger partial charge on any atom is -0.359 e. The van der Waals surface area contributed by atoms with Crippen LogP contribution in [0.1, 0.15) is 5.56 Å². The number of benzene rings is 1. The largest absolute Gasteiger partial charge is 0.359 e. The SMILES string of the molecule is CNC(=O)Cc1ccc(NS(=O)(=O)c2sccc2Br)cc1. The van der Waals surface area contributed by atoms with Crippen LogP contribution in [0.3, 0.4) is 0 Å². The Morgan fingerprint density at radius 2 is 1.90 bits per heavy atom. The van der Waals surface area contributed by atoms with Crippen molar-refractivity contribution < 1.29 is 13.2 Å². The lowest BCUT2D eigenvalue weighted by atomic mass is 10.1. The van der Waals surface area contributed by atoms with Crippen LogP contribution in [-0.4, -0.2) is 21.4 Å². The molecule has 0 radical (unpaired) electrons. The van der Waals surface area contributed by atoms with Gasteiger partial charge in [-0.15, -0.1) is 11.3 Å². The molecule has 0 aliphatic heterocycles.